The van der Waals surface area contributed by atoms with Crippen LogP contribution in [0.3, 0.4) is 0 Å². The molecule has 0 spiro atoms. The summed E-state index contributed by atoms with van der Waals surface area (Å²) in [4.78, 5) is 11.9. The standard InChI is InChI=1S/C12H14INO2/c13-11-6-2-1-5-10(11)12(15)14-8-9-4-3-7-16-9/h1-2,5-6,9H,3-4,7-8H2,(H,14,15)/t9-/m0/s1. The topological polar surface area (TPSA) is 38.3 Å². The lowest BCUT2D eigenvalue weighted by Gasteiger charge is -2.11. The zero-order valence-electron chi connectivity index (χ0n) is 8.91. The van der Waals surface area contributed by atoms with Gasteiger partial charge in [-0.1, -0.05) is 12.1 Å². The third-order valence-corrected chi connectivity index (χ3v) is 3.57. The van der Waals surface area contributed by atoms with Gasteiger partial charge in [0.1, 0.15) is 0 Å². The summed E-state index contributed by atoms with van der Waals surface area (Å²) >= 11 is 2.17. The summed E-state index contributed by atoms with van der Waals surface area (Å²) in [6.07, 6.45) is 2.35. The van der Waals surface area contributed by atoms with E-state index in [0.717, 1.165) is 28.6 Å². The molecule has 1 atom stereocenters. The molecule has 0 aliphatic carbocycles. The van der Waals surface area contributed by atoms with Gasteiger partial charge in [0.2, 0.25) is 0 Å². The maximum absolute atomic E-state index is 11.9. The SMILES string of the molecule is O=C(NC[C@@H]1CCCO1)c1ccccc1I. The lowest BCUT2D eigenvalue weighted by Crippen LogP contribution is -2.32. The zero-order valence-corrected chi connectivity index (χ0v) is 11.1. The fraction of sp³-hybridized carbons (Fsp3) is 0.417. The molecule has 0 radical (unpaired) electrons. The van der Waals surface area contributed by atoms with Crippen LogP contribution in [0, 0.1) is 3.57 Å². The first kappa shape index (κ1) is 11.9. The third kappa shape index (κ3) is 2.95. The number of carbonyl (C=O) groups is 1. The predicted octanol–water partition coefficient (Wildman–Crippen LogP) is 2.20. The van der Waals surface area contributed by atoms with Crippen LogP contribution in [0.4, 0.5) is 0 Å². The third-order valence-electron chi connectivity index (χ3n) is 2.63. The van der Waals surface area contributed by atoms with E-state index in [1.807, 2.05) is 24.3 Å². The van der Waals surface area contributed by atoms with Crippen LogP contribution < -0.4 is 5.32 Å². The summed E-state index contributed by atoms with van der Waals surface area (Å²) in [7, 11) is 0. The number of carbonyl (C=O) groups excluding carboxylic acids is 1. The van der Waals surface area contributed by atoms with Crippen molar-refractivity contribution in [2.75, 3.05) is 13.2 Å². The lowest BCUT2D eigenvalue weighted by molar-refractivity contribution is 0.0857. The van der Waals surface area contributed by atoms with Gasteiger partial charge in [0, 0.05) is 16.7 Å². The molecule has 2 rings (SSSR count). The van der Waals surface area contributed by atoms with E-state index in [9.17, 15) is 4.79 Å². The number of rotatable bonds is 3. The van der Waals surface area contributed by atoms with Crippen molar-refractivity contribution in [1.82, 2.24) is 5.32 Å². The normalized spacial score (nSPS) is 19.7. The molecule has 1 amide bonds. The van der Waals surface area contributed by atoms with Crippen LogP contribution in [-0.4, -0.2) is 25.2 Å². The largest absolute Gasteiger partial charge is 0.376 e. The average molecular weight is 331 g/mol. The number of ether oxygens (including phenoxy) is 1. The number of hydrogen-bond donors (Lipinski definition) is 1. The van der Waals surface area contributed by atoms with Gasteiger partial charge < -0.3 is 10.1 Å². The highest BCUT2D eigenvalue weighted by molar-refractivity contribution is 14.1. The Balaban J connectivity index is 1.90. The van der Waals surface area contributed by atoms with E-state index in [1.165, 1.54) is 0 Å². The van der Waals surface area contributed by atoms with Crippen molar-refractivity contribution in [3.05, 3.63) is 33.4 Å². The first-order valence-corrected chi connectivity index (χ1v) is 6.49. The maximum atomic E-state index is 11.9. The van der Waals surface area contributed by atoms with Crippen LogP contribution in [-0.2, 0) is 4.74 Å². The minimum Gasteiger partial charge on any atom is -0.376 e. The highest BCUT2D eigenvalue weighted by Crippen LogP contribution is 2.13. The summed E-state index contributed by atoms with van der Waals surface area (Å²) in [5.41, 5.74) is 0.737. The van der Waals surface area contributed by atoms with Crippen LogP contribution in [0.15, 0.2) is 24.3 Å². The van der Waals surface area contributed by atoms with Crippen molar-refractivity contribution in [1.29, 1.82) is 0 Å². The van der Waals surface area contributed by atoms with Crippen LogP contribution >= 0.6 is 22.6 Å². The van der Waals surface area contributed by atoms with Gasteiger partial charge in [0.05, 0.1) is 11.7 Å². The summed E-state index contributed by atoms with van der Waals surface area (Å²) in [5.74, 6) is -0.0134. The van der Waals surface area contributed by atoms with Gasteiger partial charge in [0.15, 0.2) is 0 Å². The first-order chi connectivity index (χ1) is 7.77. The Labute approximate surface area is 109 Å². The molecule has 0 bridgehead atoms. The Morgan fingerprint density at radius 2 is 2.31 bits per heavy atom. The monoisotopic (exact) mass is 331 g/mol. The van der Waals surface area contributed by atoms with Crippen molar-refractivity contribution in [2.45, 2.75) is 18.9 Å². The van der Waals surface area contributed by atoms with Crippen molar-refractivity contribution < 1.29 is 9.53 Å². The second kappa shape index (κ2) is 5.63. The molecule has 1 aromatic carbocycles. The van der Waals surface area contributed by atoms with Crippen molar-refractivity contribution in [2.24, 2.45) is 0 Å². The molecule has 16 heavy (non-hydrogen) atoms. The highest BCUT2D eigenvalue weighted by Gasteiger charge is 2.17. The fourth-order valence-electron chi connectivity index (χ4n) is 1.75. The van der Waals surface area contributed by atoms with E-state index in [1.54, 1.807) is 0 Å². The molecule has 1 aromatic rings. The van der Waals surface area contributed by atoms with E-state index in [0.29, 0.717) is 6.54 Å². The van der Waals surface area contributed by atoms with Gasteiger partial charge in [-0.05, 0) is 47.6 Å². The first-order valence-electron chi connectivity index (χ1n) is 5.41. The summed E-state index contributed by atoms with van der Waals surface area (Å²) < 4.78 is 6.43. The molecule has 1 aliphatic rings. The predicted molar refractivity (Wildman–Crippen MR) is 70.5 cm³/mol. The smallest absolute Gasteiger partial charge is 0.252 e. The Morgan fingerprint density at radius 3 is 3.00 bits per heavy atom. The van der Waals surface area contributed by atoms with Crippen LogP contribution in [0.2, 0.25) is 0 Å². The fourth-order valence-corrected chi connectivity index (χ4v) is 2.38. The Bertz CT molecular complexity index is 375. The average Bonchev–Trinajstić information content (AvgIpc) is 2.79. The number of nitrogens with one attached hydrogen (secondary N) is 1. The van der Waals surface area contributed by atoms with Crippen molar-refractivity contribution in [3.63, 3.8) is 0 Å². The molecule has 3 nitrogen and oxygen atoms in total. The van der Waals surface area contributed by atoms with Crippen LogP contribution in [0.1, 0.15) is 23.2 Å². The molecule has 1 aliphatic heterocycles. The van der Waals surface area contributed by atoms with E-state index in [-0.39, 0.29) is 12.0 Å². The second-order valence-electron chi connectivity index (χ2n) is 3.82. The van der Waals surface area contributed by atoms with Gasteiger partial charge in [-0.15, -0.1) is 0 Å². The van der Waals surface area contributed by atoms with E-state index >= 15 is 0 Å². The van der Waals surface area contributed by atoms with E-state index in [4.69, 9.17) is 4.74 Å². The van der Waals surface area contributed by atoms with Crippen LogP contribution in [0.25, 0.3) is 0 Å². The molecule has 0 saturated carbocycles. The van der Waals surface area contributed by atoms with E-state index < -0.39 is 0 Å². The quantitative estimate of drug-likeness (QED) is 0.863. The molecular formula is C12H14INO2. The molecule has 1 fully saturated rings. The van der Waals surface area contributed by atoms with Crippen molar-refractivity contribution in [3.8, 4) is 0 Å². The summed E-state index contributed by atoms with van der Waals surface area (Å²) in [6.45, 7) is 1.44. The minimum absolute atomic E-state index is 0.0134. The molecule has 1 heterocycles. The number of benzene rings is 1. The molecular weight excluding hydrogens is 317 g/mol. The lowest BCUT2D eigenvalue weighted by atomic mass is 10.2. The van der Waals surface area contributed by atoms with Gasteiger partial charge in [0.25, 0.3) is 5.91 Å². The van der Waals surface area contributed by atoms with Gasteiger partial charge in [-0.2, -0.15) is 0 Å². The molecule has 1 saturated heterocycles. The van der Waals surface area contributed by atoms with Crippen molar-refractivity contribution >= 4 is 28.5 Å². The van der Waals surface area contributed by atoms with Gasteiger partial charge in [-0.3, -0.25) is 4.79 Å². The molecule has 1 N–H and O–H groups in total. The molecule has 4 heteroatoms. The van der Waals surface area contributed by atoms with Gasteiger partial charge in [-0.25, -0.2) is 0 Å². The maximum Gasteiger partial charge on any atom is 0.252 e. The zero-order chi connectivity index (χ0) is 11.4. The Hall–Kier alpha value is -0.620. The minimum atomic E-state index is -0.0134. The number of hydrogen-bond acceptors (Lipinski definition) is 2. The number of amides is 1. The van der Waals surface area contributed by atoms with E-state index in [2.05, 4.69) is 27.9 Å². The Kier molecular flexibility index (Phi) is 4.17. The van der Waals surface area contributed by atoms with Gasteiger partial charge >= 0.3 is 0 Å². The molecule has 86 valence electrons. The Morgan fingerprint density at radius 1 is 1.50 bits per heavy atom. The summed E-state index contributed by atoms with van der Waals surface area (Å²) in [6, 6.07) is 7.58. The van der Waals surface area contributed by atoms with Crippen LogP contribution in [0.5, 0.6) is 0 Å². The molecule has 0 aromatic heterocycles. The molecule has 0 unspecified atom stereocenters. The second-order valence-corrected chi connectivity index (χ2v) is 4.99. The summed E-state index contributed by atoms with van der Waals surface area (Å²) in [5, 5.41) is 2.91. The number of halogens is 1. The highest BCUT2D eigenvalue weighted by atomic mass is 127.